The van der Waals surface area contributed by atoms with Crippen molar-refractivity contribution in [2.45, 2.75) is 19.8 Å². The molecule has 1 saturated heterocycles. The number of hydrogen-bond donors (Lipinski definition) is 1. The van der Waals surface area contributed by atoms with Gasteiger partial charge >= 0.3 is 0 Å². The number of benzene rings is 1. The number of aliphatic imine (C=N–C) groups is 1. The maximum Gasteiger partial charge on any atom is 0.253 e. The first-order chi connectivity index (χ1) is 12.5. The van der Waals surface area contributed by atoms with Crippen LogP contribution in [0.25, 0.3) is 0 Å². The summed E-state index contributed by atoms with van der Waals surface area (Å²) in [4.78, 5) is 20.8. The number of nitrogens with zero attached hydrogens (tertiary/aromatic N) is 3. The van der Waals surface area contributed by atoms with Gasteiger partial charge in [-0.1, -0.05) is 12.1 Å². The zero-order chi connectivity index (χ0) is 18.9. The van der Waals surface area contributed by atoms with E-state index in [-0.39, 0.29) is 29.9 Å². The minimum absolute atomic E-state index is 0. The van der Waals surface area contributed by atoms with Crippen LogP contribution in [0, 0.1) is 5.92 Å². The van der Waals surface area contributed by atoms with Crippen molar-refractivity contribution in [2.24, 2.45) is 10.9 Å². The van der Waals surface area contributed by atoms with Crippen LogP contribution in [0.1, 0.15) is 29.3 Å². The average molecular weight is 488 g/mol. The van der Waals surface area contributed by atoms with E-state index >= 15 is 0 Å². The number of likely N-dealkylation sites (tertiary alicyclic amines) is 1. The molecule has 1 amide bonds. The van der Waals surface area contributed by atoms with E-state index in [1.54, 1.807) is 26.1 Å². The highest BCUT2D eigenvalue weighted by Crippen LogP contribution is 2.16. The van der Waals surface area contributed by atoms with Crippen molar-refractivity contribution < 1.29 is 9.53 Å². The van der Waals surface area contributed by atoms with Gasteiger partial charge in [-0.2, -0.15) is 0 Å². The van der Waals surface area contributed by atoms with Gasteiger partial charge in [0.1, 0.15) is 0 Å². The van der Waals surface area contributed by atoms with E-state index in [0.29, 0.717) is 12.5 Å². The fourth-order valence-electron chi connectivity index (χ4n) is 3.23. The lowest BCUT2D eigenvalue weighted by molar-refractivity contribution is 0.0827. The molecule has 1 fully saturated rings. The van der Waals surface area contributed by atoms with Crippen molar-refractivity contribution in [3.05, 3.63) is 35.4 Å². The number of rotatable bonds is 7. The Balaban J connectivity index is 0.00000364. The highest BCUT2D eigenvalue weighted by molar-refractivity contribution is 14.0. The molecule has 0 aromatic heterocycles. The topological polar surface area (TPSA) is 57.2 Å². The summed E-state index contributed by atoms with van der Waals surface area (Å²) in [5.74, 6) is 1.59. The number of ether oxygens (including phenoxy) is 1. The first-order valence-corrected chi connectivity index (χ1v) is 9.38. The largest absolute Gasteiger partial charge is 0.384 e. The molecule has 1 heterocycles. The van der Waals surface area contributed by atoms with Crippen LogP contribution >= 0.6 is 24.0 Å². The van der Waals surface area contributed by atoms with E-state index in [1.807, 2.05) is 18.2 Å². The third-order valence-electron chi connectivity index (χ3n) is 4.56. The molecule has 0 radical (unpaired) electrons. The van der Waals surface area contributed by atoms with Gasteiger partial charge in [-0.05, 0) is 37.5 Å². The van der Waals surface area contributed by atoms with Crippen molar-refractivity contribution in [3.8, 4) is 0 Å². The van der Waals surface area contributed by atoms with Crippen molar-refractivity contribution in [1.82, 2.24) is 15.1 Å². The fraction of sp³-hybridized carbons (Fsp3) is 0.600. The Morgan fingerprint density at radius 1 is 1.41 bits per heavy atom. The van der Waals surface area contributed by atoms with Crippen molar-refractivity contribution >= 4 is 35.8 Å². The molecule has 0 aliphatic carbocycles. The Bertz CT molecular complexity index is 622. The van der Waals surface area contributed by atoms with Crippen molar-refractivity contribution in [1.29, 1.82) is 0 Å². The van der Waals surface area contributed by atoms with E-state index in [2.05, 4.69) is 23.2 Å². The molecule has 1 aromatic carbocycles. The molecule has 27 heavy (non-hydrogen) atoms. The molecule has 152 valence electrons. The summed E-state index contributed by atoms with van der Waals surface area (Å²) >= 11 is 0. The Labute approximate surface area is 180 Å². The maximum absolute atomic E-state index is 12.1. The molecular formula is C20H33IN4O2. The number of halogens is 1. The number of carbonyl (C=O) groups excluding carboxylic acids is 1. The summed E-state index contributed by atoms with van der Waals surface area (Å²) in [7, 11) is 5.31. The number of amides is 1. The lowest BCUT2D eigenvalue weighted by Crippen LogP contribution is -2.40. The molecule has 0 bridgehead atoms. The lowest BCUT2D eigenvalue weighted by Gasteiger charge is -2.21. The predicted octanol–water partition coefficient (Wildman–Crippen LogP) is 2.48. The summed E-state index contributed by atoms with van der Waals surface area (Å²) in [5, 5.41) is 3.39. The van der Waals surface area contributed by atoms with E-state index in [4.69, 9.17) is 9.73 Å². The highest BCUT2D eigenvalue weighted by atomic mass is 127. The maximum atomic E-state index is 12.1. The van der Waals surface area contributed by atoms with Gasteiger partial charge in [0.05, 0.1) is 6.61 Å². The summed E-state index contributed by atoms with van der Waals surface area (Å²) in [6, 6.07) is 7.82. The van der Waals surface area contributed by atoms with Crippen LogP contribution in [0.2, 0.25) is 0 Å². The SMILES string of the molecule is CCNC(=NCCc1cccc(C(=O)N(C)C)c1)N1CCC(COC)C1.I. The van der Waals surface area contributed by atoms with Crippen molar-refractivity contribution in [3.63, 3.8) is 0 Å². The van der Waals surface area contributed by atoms with E-state index < -0.39 is 0 Å². The zero-order valence-corrected chi connectivity index (χ0v) is 19.2. The number of guanidine groups is 1. The summed E-state index contributed by atoms with van der Waals surface area (Å²) in [6.07, 6.45) is 1.96. The Morgan fingerprint density at radius 3 is 2.85 bits per heavy atom. The Kier molecular flexibility index (Phi) is 10.7. The molecule has 6 nitrogen and oxygen atoms in total. The number of carbonyl (C=O) groups is 1. The molecule has 0 saturated carbocycles. The normalized spacial score (nSPS) is 16.8. The Hall–Kier alpha value is -1.35. The lowest BCUT2D eigenvalue weighted by atomic mass is 10.1. The van der Waals surface area contributed by atoms with E-state index in [1.165, 1.54) is 0 Å². The molecule has 2 rings (SSSR count). The second kappa shape index (κ2) is 12.2. The first kappa shape index (κ1) is 23.7. The van der Waals surface area contributed by atoms with Gasteiger partial charge in [-0.15, -0.1) is 24.0 Å². The minimum atomic E-state index is 0. The van der Waals surface area contributed by atoms with Crippen LogP contribution in [0.3, 0.4) is 0 Å². The number of nitrogens with one attached hydrogen (secondary N) is 1. The fourth-order valence-corrected chi connectivity index (χ4v) is 3.23. The first-order valence-electron chi connectivity index (χ1n) is 9.38. The van der Waals surface area contributed by atoms with Gasteiger partial charge in [0.2, 0.25) is 0 Å². The second-order valence-corrected chi connectivity index (χ2v) is 6.94. The van der Waals surface area contributed by atoms with Gasteiger partial charge in [-0.25, -0.2) is 0 Å². The number of methoxy groups -OCH3 is 1. The van der Waals surface area contributed by atoms with Gasteiger partial charge in [0.25, 0.3) is 5.91 Å². The van der Waals surface area contributed by atoms with Crippen LogP contribution in [0.15, 0.2) is 29.3 Å². The second-order valence-electron chi connectivity index (χ2n) is 6.94. The summed E-state index contributed by atoms with van der Waals surface area (Å²) in [5.41, 5.74) is 1.86. The Morgan fingerprint density at radius 2 is 2.19 bits per heavy atom. The van der Waals surface area contributed by atoms with Gasteiger partial charge in [0, 0.05) is 58.9 Å². The van der Waals surface area contributed by atoms with Crippen LogP contribution in [0.4, 0.5) is 0 Å². The summed E-state index contributed by atoms with van der Waals surface area (Å²) in [6.45, 7) is 6.47. The zero-order valence-electron chi connectivity index (χ0n) is 16.9. The van der Waals surface area contributed by atoms with Gasteiger partial charge in [0.15, 0.2) is 5.96 Å². The summed E-state index contributed by atoms with van der Waals surface area (Å²) < 4.78 is 5.28. The van der Waals surface area contributed by atoms with Crippen LogP contribution in [-0.4, -0.2) is 75.7 Å². The quantitative estimate of drug-likeness (QED) is 0.364. The highest BCUT2D eigenvalue weighted by Gasteiger charge is 2.24. The standard InChI is InChI=1S/C20H32N4O2.HI/c1-5-21-20(24-12-10-17(14-24)15-26-4)22-11-9-16-7-6-8-18(13-16)19(25)23(2)3;/h6-8,13,17H,5,9-12,14-15H2,1-4H3,(H,21,22);1H. The van der Waals surface area contributed by atoms with Crippen molar-refractivity contribution in [2.75, 3.05) is 54.0 Å². The molecular weight excluding hydrogens is 455 g/mol. The van der Waals surface area contributed by atoms with Gasteiger partial charge in [-0.3, -0.25) is 9.79 Å². The smallest absolute Gasteiger partial charge is 0.253 e. The molecule has 7 heteroatoms. The van der Waals surface area contributed by atoms with Crippen LogP contribution < -0.4 is 5.32 Å². The molecule has 1 aliphatic heterocycles. The molecule has 0 spiro atoms. The molecule has 1 aliphatic rings. The third-order valence-corrected chi connectivity index (χ3v) is 4.56. The molecule has 1 aromatic rings. The monoisotopic (exact) mass is 488 g/mol. The number of hydrogen-bond acceptors (Lipinski definition) is 3. The molecule has 1 unspecified atom stereocenters. The van der Waals surface area contributed by atoms with E-state index in [0.717, 1.165) is 56.2 Å². The minimum Gasteiger partial charge on any atom is -0.384 e. The van der Waals surface area contributed by atoms with E-state index in [9.17, 15) is 4.79 Å². The average Bonchev–Trinajstić information content (AvgIpc) is 3.09. The van der Waals surface area contributed by atoms with Crippen LogP contribution in [0.5, 0.6) is 0 Å². The van der Waals surface area contributed by atoms with Crippen LogP contribution in [-0.2, 0) is 11.2 Å². The third kappa shape index (κ3) is 7.29. The predicted molar refractivity (Wildman–Crippen MR) is 121 cm³/mol. The molecule has 1 atom stereocenters. The van der Waals surface area contributed by atoms with Gasteiger partial charge < -0.3 is 19.9 Å². The molecule has 1 N–H and O–H groups in total.